The van der Waals surface area contributed by atoms with E-state index >= 15 is 0 Å². The second-order valence-electron chi connectivity index (χ2n) is 6.72. The summed E-state index contributed by atoms with van der Waals surface area (Å²) in [5.41, 5.74) is 0.302. The van der Waals surface area contributed by atoms with E-state index in [0.29, 0.717) is 17.5 Å². The summed E-state index contributed by atoms with van der Waals surface area (Å²) in [6, 6.07) is 0.671. The first-order valence-corrected chi connectivity index (χ1v) is 7.54. The van der Waals surface area contributed by atoms with Crippen molar-refractivity contribution in [3.05, 3.63) is 0 Å². The van der Waals surface area contributed by atoms with E-state index in [2.05, 4.69) is 56.8 Å². The normalized spacial score (nSPS) is 23.5. The molecule has 1 N–H and O–H groups in total. The van der Waals surface area contributed by atoms with Gasteiger partial charge in [-0.2, -0.15) is 0 Å². The Bertz CT molecular complexity index is 238. The molecule has 1 fully saturated rings. The van der Waals surface area contributed by atoms with Gasteiger partial charge in [0.15, 0.2) is 0 Å². The molecule has 0 radical (unpaired) electrons. The highest BCUT2D eigenvalue weighted by Crippen LogP contribution is 2.22. The monoisotopic (exact) mass is 255 g/mol. The average molecular weight is 255 g/mol. The molecule has 0 aliphatic carbocycles. The third kappa shape index (κ3) is 4.22. The fourth-order valence-corrected chi connectivity index (χ4v) is 2.77. The van der Waals surface area contributed by atoms with Gasteiger partial charge >= 0.3 is 0 Å². The van der Waals surface area contributed by atoms with E-state index in [0.717, 1.165) is 13.1 Å². The van der Waals surface area contributed by atoms with Gasteiger partial charge in [0.1, 0.15) is 0 Å². The standard InChI is InChI=1S/C15H33N3/c1-7-8-16-11-14(13(2)3)18-10-9-17(6)15(4,5)12-18/h13-14,16H,7-12H2,1-6H3. The van der Waals surface area contributed by atoms with Gasteiger partial charge in [0.25, 0.3) is 0 Å². The minimum atomic E-state index is 0.302. The molecule has 1 rings (SSSR count). The van der Waals surface area contributed by atoms with E-state index in [1.807, 2.05) is 0 Å². The Kier molecular flexibility index (Phi) is 6.09. The smallest absolute Gasteiger partial charge is 0.0277 e. The SMILES string of the molecule is CCCNCC(C(C)C)N1CCN(C)C(C)(C)C1. The summed E-state index contributed by atoms with van der Waals surface area (Å²) in [4.78, 5) is 5.17. The summed E-state index contributed by atoms with van der Waals surface area (Å²) in [7, 11) is 2.25. The van der Waals surface area contributed by atoms with Crippen LogP contribution in [0.25, 0.3) is 0 Å². The number of hydrogen-bond donors (Lipinski definition) is 1. The first-order valence-electron chi connectivity index (χ1n) is 7.54. The summed E-state index contributed by atoms with van der Waals surface area (Å²) in [6.07, 6.45) is 1.22. The van der Waals surface area contributed by atoms with Crippen LogP contribution in [-0.4, -0.2) is 61.2 Å². The molecule has 1 atom stereocenters. The fourth-order valence-electron chi connectivity index (χ4n) is 2.77. The van der Waals surface area contributed by atoms with Gasteiger partial charge in [0.05, 0.1) is 0 Å². The molecule has 1 heterocycles. The first kappa shape index (κ1) is 15.9. The maximum Gasteiger partial charge on any atom is 0.0277 e. The molecule has 0 amide bonds. The van der Waals surface area contributed by atoms with Crippen molar-refractivity contribution < 1.29 is 0 Å². The van der Waals surface area contributed by atoms with Gasteiger partial charge in [0.2, 0.25) is 0 Å². The average Bonchev–Trinajstić information content (AvgIpc) is 2.28. The molecule has 0 aromatic heterocycles. The molecule has 1 aliphatic heterocycles. The minimum absolute atomic E-state index is 0.302. The lowest BCUT2D eigenvalue weighted by Crippen LogP contribution is -2.62. The molecular formula is C15H33N3. The van der Waals surface area contributed by atoms with Crippen LogP contribution in [0.2, 0.25) is 0 Å². The highest BCUT2D eigenvalue weighted by atomic mass is 15.3. The van der Waals surface area contributed by atoms with Gasteiger partial charge < -0.3 is 5.32 Å². The summed E-state index contributed by atoms with van der Waals surface area (Å²) < 4.78 is 0. The lowest BCUT2D eigenvalue weighted by molar-refractivity contribution is 0.00582. The van der Waals surface area contributed by atoms with Crippen LogP contribution in [0.15, 0.2) is 0 Å². The zero-order chi connectivity index (χ0) is 13.8. The van der Waals surface area contributed by atoms with Crippen LogP contribution in [0, 0.1) is 5.92 Å². The van der Waals surface area contributed by atoms with Crippen molar-refractivity contribution in [2.75, 3.05) is 39.8 Å². The van der Waals surface area contributed by atoms with Gasteiger partial charge in [-0.25, -0.2) is 0 Å². The Morgan fingerprint density at radius 1 is 1.22 bits per heavy atom. The van der Waals surface area contributed by atoms with Gasteiger partial charge in [-0.1, -0.05) is 20.8 Å². The molecule has 3 heteroatoms. The van der Waals surface area contributed by atoms with Crippen LogP contribution in [0.4, 0.5) is 0 Å². The molecule has 1 aliphatic rings. The quantitative estimate of drug-likeness (QED) is 0.733. The number of piperazine rings is 1. The molecule has 3 nitrogen and oxygen atoms in total. The van der Waals surface area contributed by atoms with Crippen molar-refractivity contribution in [3.63, 3.8) is 0 Å². The minimum Gasteiger partial charge on any atom is -0.315 e. The Hall–Kier alpha value is -0.120. The van der Waals surface area contributed by atoms with E-state index in [1.165, 1.54) is 26.1 Å². The zero-order valence-electron chi connectivity index (χ0n) is 13.3. The number of nitrogens with zero attached hydrogens (tertiary/aromatic N) is 2. The highest BCUT2D eigenvalue weighted by molar-refractivity contribution is 4.92. The lowest BCUT2D eigenvalue weighted by atomic mass is 9.94. The van der Waals surface area contributed by atoms with Crippen LogP contribution in [0.5, 0.6) is 0 Å². The molecule has 1 saturated heterocycles. The predicted molar refractivity (Wildman–Crippen MR) is 80.1 cm³/mol. The van der Waals surface area contributed by atoms with E-state index in [4.69, 9.17) is 0 Å². The van der Waals surface area contributed by atoms with Crippen molar-refractivity contribution in [1.82, 2.24) is 15.1 Å². The maximum absolute atomic E-state index is 3.60. The Morgan fingerprint density at radius 3 is 2.39 bits per heavy atom. The van der Waals surface area contributed by atoms with Gasteiger partial charge in [-0.05, 0) is 39.8 Å². The molecule has 0 spiro atoms. The Labute approximate surface area is 114 Å². The number of likely N-dealkylation sites (N-methyl/N-ethyl adjacent to an activating group) is 1. The zero-order valence-corrected chi connectivity index (χ0v) is 13.3. The molecule has 108 valence electrons. The topological polar surface area (TPSA) is 18.5 Å². The molecule has 18 heavy (non-hydrogen) atoms. The van der Waals surface area contributed by atoms with E-state index in [9.17, 15) is 0 Å². The largest absolute Gasteiger partial charge is 0.315 e. The highest BCUT2D eigenvalue weighted by Gasteiger charge is 2.34. The van der Waals surface area contributed by atoms with E-state index < -0.39 is 0 Å². The Balaban J connectivity index is 2.57. The summed E-state index contributed by atoms with van der Waals surface area (Å²) in [5, 5.41) is 3.60. The van der Waals surface area contributed by atoms with Crippen LogP contribution < -0.4 is 5.32 Å². The predicted octanol–water partition coefficient (Wildman–Crippen LogP) is 2.04. The summed E-state index contributed by atoms with van der Waals surface area (Å²) in [5.74, 6) is 0.716. The van der Waals surface area contributed by atoms with Crippen LogP contribution in [0.1, 0.15) is 41.0 Å². The molecule has 0 bridgehead atoms. The van der Waals surface area contributed by atoms with Crippen molar-refractivity contribution >= 4 is 0 Å². The van der Waals surface area contributed by atoms with Gasteiger partial charge in [-0.3, -0.25) is 9.80 Å². The molecule has 0 aromatic rings. The van der Waals surface area contributed by atoms with Crippen molar-refractivity contribution in [2.45, 2.75) is 52.6 Å². The third-order valence-electron chi connectivity index (χ3n) is 4.36. The van der Waals surface area contributed by atoms with Crippen LogP contribution in [-0.2, 0) is 0 Å². The van der Waals surface area contributed by atoms with Crippen molar-refractivity contribution in [2.24, 2.45) is 5.92 Å². The van der Waals surface area contributed by atoms with Crippen molar-refractivity contribution in [1.29, 1.82) is 0 Å². The molecular weight excluding hydrogens is 222 g/mol. The first-order chi connectivity index (χ1) is 8.38. The van der Waals surface area contributed by atoms with Gasteiger partial charge in [-0.15, -0.1) is 0 Å². The lowest BCUT2D eigenvalue weighted by Gasteiger charge is -2.49. The van der Waals surface area contributed by atoms with Crippen molar-refractivity contribution in [3.8, 4) is 0 Å². The van der Waals surface area contributed by atoms with E-state index in [1.54, 1.807) is 0 Å². The molecule has 1 unspecified atom stereocenters. The fraction of sp³-hybridized carbons (Fsp3) is 1.00. The Morgan fingerprint density at radius 2 is 1.89 bits per heavy atom. The molecule has 0 aromatic carbocycles. The second kappa shape index (κ2) is 6.88. The second-order valence-corrected chi connectivity index (χ2v) is 6.72. The van der Waals surface area contributed by atoms with Crippen LogP contribution in [0.3, 0.4) is 0 Å². The summed E-state index contributed by atoms with van der Waals surface area (Å²) >= 11 is 0. The number of hydrogen-bond acceptors (Lipinski definition) is 3. The third-order valence-corrected chi connectivity index (χ3v) is 4.36. The number of nitrogens with one attached hydrogen (secondary N) is 1. The summed E-state index contributed by atoms with van der Waals surface area (Å²) in [6.45, 7) is 17.5. The van der Waals surface area contributed by atoms with Gasteiger partial charge in [0, 0.05) is 37.8 Å². The number of rotatable bonds is 6. The van der Waals surface area contributed by atoms with E-state index in [-0.39, 0.29) is 0 Å². The molecule has 0 saturated carbocycles. The van der Waals surface area contributed by atoms with Crippen LogP contribution >= 0.6 is 0 Å². The maximum atomic E-state index is 3.60.